The number of aromatic nitrogens is 5. The number of benzene rings is 3. The Morgan fingerprint density at radius 3 is 2.19 bits per heavy atom. The molecule has 6 aromatic rings. The Kier molecular flexibility index (Phi) is 10.4. The molecule has 0 spiro atoms. The van der Waals surface area contributed by atoms with Gasteiger partial charge in [0.05, 0.1) is 55.1 Å². The first kappa shape index (κ1) is 34.9. The first-order valence-electron chi connectivity index (χ1n) is 17.6. The molecule has 268 valence electrons. The number of pyridine rings is 1. The van der Waals surface area contributed by atoms with Crippen LogP contribution in [0.2, 0.25) is 0 Å². The Hall–Kier alpha value is -6.56. The number of nitrogens with zero attached hydrogens (tertiary/aromatic N) is 4. The van der Waals surface area contributed by atoms with Crippen molar-refractivity contribution in [2.24, 2.45) is 0 Å². The number of amides is 3. The van der Waals surface area contributed by atoms with Gasteiger partial charge in [-0.2, -0.15) is 0 Å². The summed E-state index contributed by atoms with van der Waals surface area (Å²) in [6.45, 7) is 2.55. The highest BCUT2D eigenvalue weighted by atomic mass is 16.5. The molecule has 3 amide bonds. The van der Waals surface area contributed by atoms with Crippen LogP contribution in [0.4, 0.5) is 4.79 Å². The average Bonchev–Trinajstić information content (AvgIpc) is 4.00. The summed E-state index contributed by atoms with van der Waals surface area (Å²) in [6, 6.07) is 29.3. The lowest BCUT2D eigenvalue weighted by atomic mass is 10.1. The minimum atomic E-state index is -0.932. The van der Waals surface area contributed by atoms with E-state index in [2.05, 4.69) is 30.6 Å². The van der Waals surface area contributed by atoms with E-state index in [1.54, 1.807) is 30.5 Å². The molecular formula is C41H40N8O4. The fourth-order valence-electron chi connectivity index (χ4n) is 6.61. The molecule has 4 N–H and O–H groups in total. The Balaban J connectivity index is 0.975. The van der Waals surface area contributed by atoms with Crippen LogP contribution in [-0.4, -0.2) is 61.4 Å². The summed E-state index contributed by atoms with van der Waals surface area (Å²) in [6.07, 6.45) is 6.87. The zero-order chi connectivity index (χ0) is 36.7. The molecule has 4 heterocycles. The molecule has 3 aromatic carbocycles. The molecule has 7 rings (SSSR count). The lowest BCUT2D eigenvalue weighted by Crippen LogP contribution is -2.41. The predicted molar refractivity (Wildman–Crippen MR) is 200 cm³/mol. The third-order valence-electron chi connectivity index (χ3n) is 9.46. The van der Waals surface area contributed by atoms with Gasteiger partial charge in [0.1, 0.15) is 17.7 Å². The van der Waals surface area contributed by atoms with Crippen LogP contribution in [0.5, 0.6) is 0 Å². The number of rotatable bonds is 11. The van der Waals surface area contributed by atoms with Crippen molar-refractivity contribution in [3.05, 3.63) is 138 Å². The quantitative estimate of drug-likeness (QED) is 0.117. The molecule has 3 atom stereocenters. The average molecular weight is 709 g/mol. The van der Waals surface area contributed by atoms with Crippen molar-refractivity contribution in [2.45, 2.75) is 44.3 Å². The minimum absolute atomic E-state index is 0.0686. The number of hydrogen-bond acceptors (Lipinski definition) is 7. The molecule has 1 aliphatic heterocycles. The maximum Gasteiger partial charge on any atom is 0.407 e. The second-order valence-electron chi connectivity index (χ2n) is 13.0. The fourth-order valence-corrected chi connectivity index (χ4v) is 6.61. The minimum Gasteiger partial charge on any atom is -0.453 e. The first-order valence-corrected chi connectivity index (χ1v) is 17.6. The summed E-state index contributed by atoms with van der Waals surface area (Å²) < 4.78 is 4.73. The van der Waals surface area contributed by atoms with E-state index in [4.69, 9.17) is 9.72 Å². The van der Waals surface area contributed by atoms with Crippen LogP contribution >= 0.6 is 0 Å². The van der Waals surface area contributed by atoms with Gasteiger partial charge in [-0.25, -0.2) is 14.8 Å². The van der Waals surface area contributed by atoms with E-state index in [1.807, 2.05) is 97.0 Å². The van der Waals surface area contributed by atoms with Gasteiger partial charge in [0, 0.05) is 23.9 Å². The van der Waals surface area contributed by atoms with Gasteiger partial charge >= 0.3 is 6.09 Å². The van der Waals surface area contributed by atoms with E-state index in [1.165, 1.54) is 7.11 Å². The highest BCUT2D eigenvalue weighted by Crippen LogP contribution is 2.32. The maximum atomic E-state index is 13.2. The molecule has 12 heteroatoms. The van der Waals surface area contributed by atoms with Crippen molar-refractivity contribution in [1.29, 1.82) is 0 Å². The molecule has 1 aliphatic rings. The second-order valence-corrected chi connectivity index (χ2v) is 13.0. The number of alkyl carbamates (subject to hydrolysis) is 1. The zero-order valence-corrected chi connectivity index (χ0v) is 29.5. The number of methoxy groups -OCH3 is 1. The van der Waals surface area contributed by atoms with Crippen LogP contribution in [0.3, 0.4) is 0 Å². The Morgan fingerprint density at radius 2 is 1.47 bits per heavy atom. The highest BCUT2D eigenvalue weighted by Gasteiger charge is 2.32. The van der Waals surface area contributed by atoms with Gasteiger partial charge in [0.2, 0.25) is 11.8 Å². The Morgan fingerprint density at radius 1 is 0.792 bits per heavy atom. The van der Waals surface area contributed by atoms with Gasteiger partial charge in [-0.15, -0.1) is 0 Å². The number of H-pyrrole nitrogens is 2. The van der Waals surface area contributed by atoms with Gasteiger partial charge in [0.15, 0.2) is 0 Å². The normalized spacial score (nSPS) is 15.1. The molecular weight excluding hydrogens is 669 g/mol. The maximum absolute atomic E-state index is 13.2. The lowest BCUT2D eigenvalue weighted by Gasteiger charge is -2.23. The molecule has 1 saturated heterocycles. The zero-order valence-electron chi connectivity index (χ0n) is 29.5. The van der Waals surface area contributed by atoms with Crippen molar-refractivity contribution in [3.63, 3.8) is 0 Å². The predicted octanol–water partition coefficient (Wildman–Crippen LogP) is 6.71. The number of hydrogen-bond donors (Lipinski definition) is 4. The van der Waals surface area contributed by atoms with E-state index in [-0.39, 0.29) is 11.9 Å². The molecule has 0 aliphatic carbocycles. The van der Waals surface area contributed by atoms with Crippen molar-refractivity contribution < 1.29 is 19.1 Å². The summed E-state index contributed by atoms with van der Waals surface area (Å²) in [7, 11) is 1.25. The lowest BCUT2D eigenvalue weighted by molar-refractivity contribution is -0.131. The van der Waals surface area contributed by atoms with Crippen molar-refractivity contribution >= 4 is 17.9 Å². The van der Waals surface area contributed by atoms with Crippen LogP contribution < -0.4 is 10.6 Å². The summed E-state index contributed by atoms with van der Waals surface area (Å²) in [5.74, 6) is 1.09. The van der Waals surface area contributed by atoms with Crippen LogP contribution in [-0.2, 0) is 20.7 Å². The molecule has 0 radical (unpaired) electrons. The van der Waals surface area contributed by atoms with E-state index in [0.29, 0.717) is 17.8 Å². The SMILES string of the molecule is COC(=O)N[C@@H](C(=O)N[C@@H](C)c1ncc(-c2ccc(-c3ccc(-c4cnc([C@@H]5CCCN5C(=O)Cc5ccccc5)[nH]4)cn3)cc2)[nH]1)c1ccccc1. The molecule has 0 bridgehead atoms. The Bertz CT molecular complexity index is 2170. The molecule has 3 aromatic heterocycles. The summed E-state index contributed by atoms with van der Waals surface area (Å²) >= 11 is 0. The fraction of sp³-hybridized carbons (Fsp3) is 0.220. The molecule has 53 heavy (non-hydrogen) atoms. The number of imidazole rings is 2. The Labute approximate surface area is 307 Å². The number of aromatic amines is 2. The summed E-state index contributed by atoms with van der Waals surface area (Å²) in [4.78, 5) is 60.9. The van der Waals surface area contributed by atoms with E-state index >= 15 is 0 Å². The largest absolute Gasteiger partial charge is 0.453 e. The second kappa shape index (κ2) is 15.8. The summed E-state index contributed by atoms with van der Waals surface area (Å²) in [5.41, 5.74) is 6.89. The number of carbonyl (C=O) groups excluding carboxylic acids is 3. The third-order valence-corrected chi connectivity index (χ3v) is 9.46. The molecule has 12 nitrogen and oxygen atoms in total. The number of ether oxygens (including phenoxy) is 1. The van der Waals surface area contributed by atoms with E-state index < -0.39 is 24.1 Å². The van der Waals surface area contributed by atoms with Crippen molar-refractivity contribution in [3.8, 4) is 33.8 Å². The number of likely N-dealkylation sites (tertiary alicyclic amines) is 1. The highest BCUT2D eigenvalue weighted by molar-refractivity contribution is 5.87. The van der Waals surface area contributed by atoms with Gasteiger partial charge in [-0.05, 0) is 48.6 Å². The summed E-state index contributed by atoms with van der Waals surface area (Å²) in [5, 5.41) is 5.53. The monoisotopic (exact) mass is 708 g/mol. The topological polar surface area (TPSA) is 158 Å². The third kappa shape index (κ3) is 8.01. The number of nitrogens with one attached hydrogen (secondary N) is 4. The molecule has 0 saturated carbocycles. The van der Waals surface area contributed by atoms with Crippen molar-refractivity contribution in [1.82, 2.24) is 40.5 Å². The van der Waals surface area contributed by atoms with Crippen LogP contribution in [0.15, 0.2) is 116 Å². The molecule has 1 fully saturated rings. The van der Waals surface area contributed by atoms with E-state index in [0.717, 1.165) is 64.5 Å². The first-order chi connectivity index (χ1) is 25.9. The number of carbonyl (C=O) groups is 3. The van der Waals surface area contributed by atoms with Gasteiger partial charge < -0.3 is 30.2 Å². The smallest absolute Gasteiger partial charge is 0.407 e. The van der Waals surface area contributed by atoms with Gasteiger partial charge in [-0.3, -0.25) is 14.6 Å². The van der Waals surface area contributed by atoms with Crippen molar-refractivity contribution in [2.75, 3.05) is 13.7 Å². The molecule has 0 unspecified atom stereocenters. The van der Waals surface area contributed by atoms with Gasteiger partial charge in [-0.1, -0.05) is 84.9 Å². The van der Waals surface area contributed by atoms with Crippen LogP contribution in [0.25, 0.3) is 33.8 Å². The van der Waals surface area contributed by atoms with Crippen LogP contribution in [0, 0.1) is 0 Å². The van der Waals surface area contributed by atoms with Crippen LogP contribution in [0.1, 0.15) is 60.7 Å². The van der Waals surface area contributed by atoms with Gasteiger partial charge in [0.25, 0.3) is 0 Å². The van der Waals surface area contributed by atoms with E-state index in [9.17, 15) is 14.4 Å². The standard InChI is InChI=1S/C41H40N8O4/c1-26(45-40(51)37(48-41(52)53-2)30-12-7-4-8-13-30)38-43-24-33(46-38)29-17-15-28(16-18-29)32-20-19-31(23-42-32)34-25-44-39(47-34)35-14-9-21-49(35)36(50)22-27-10-5-3-6-11-27/h3-8,10-13,15-20,23-26,35,37H,9,14,21-22H2,1-2H3,(H,43,46)(H,44,47)(H,45,51)(H,48,52)/t26-,35-,37+/m0/s1.